The van der Waals surface area contributed by atoms with E-state index in [4.69, 9.17) is 4.74 Å². The fourth-order valence-corrected chi connectivity index (χ4v) is 2.61. The van der Waals surface area contributed by atoms with E-state index in [0.717, 1.165) is 36.3 Å². The molecule has 1 saturated carbocycles. The predicted octanol–water partition coefficient (Wildman–Crippen LogP) is 2.07. The maximum absolute atomic E-state index is 11.9. The Morgan fingerprint density at radius 2 is 2.20 bits per heavy atom. The number of hydrogen-bond acceptors (Lipinski definition) is 2. The first-order valence-corrected chi connectivity index (χ1v) is 5.27. The second kappa shape index (κ2) is 2.75. The molecule has 1 fully saturated rings. The van der Waals surface area contributed by atoms with E-state index in [1.165, 1.54) is 0 Å². The zero-order valence-electron chi connectivity index (χ0n) is 8.67. The van der Waals surface area contributed by atoms with Gasteiger partial charge in [0.25, 0.3) is 0 Å². The summed E-state index contributed by atoms with van der Waals surface area (Å²) in [4.78, 5) is 11.9. The van der Waals surface area contributed by atoms with Crippen molar-refractivity contribution >= 4 is 11.6 Å². The molecule has 2 aliphatic rings. The molecule has 3 rings (SSSR count). The first kappa shape index (κ1) is 8.77. The minimum atomic E-state index is -0.232. The molecule has 1 aliphatic heterocycles. The first-order chi connectivity index (χ1) is 7.28. The van der Waals surface area contributed by atoms with E-state index >= 15 is 0 Å². The third kappa shape index (κ3) is 0.928. The molecule has 78 valence electrons. The third-order valence-electron chi connectivity index (χ3n) is 3.64. The first-order valence-electron chi connectivity index (χ1n) is 5.27. The monoisotopic (exact) mass is 203 g/mol. The fourth-order valence-electron chi connectivity index (χ4n) is 2.61. The van der Waals surface area contributed by atoms with Crippen LogP contribution < -0.4 is 10.1 Å². The molecule has 1 spiro atoms. The number of fused-ring (bicyclic) bond motifs is 2. The van der Waals surface area contributed by atoms with E-state index < -0.39 is 0 Å². The summed E-state index contributed by atoms with van der Waals surface area (Å²) in [5.74, 6) is 0.915. The molecule has 1 aromatic rings. The molecule has 0 aromatic heterocycles. The Balaban J connectivity index is 2.18. The van der Waals surface area contributed by atoms with Gasteiger partial charge in [0.15, 0.2) is 0 Å². The van der Waals surface area contributed by atoms with E-state index in [0.29, 0.717) is 0 Å². The zero-order valence-corrected chi connectivity index (χ0v) is 8.67. The number of rotatable bonds is 1. The van der Waals surface area contributed by atoms with Crippen LogP contribution in [0, 0.1) is 0 Å². The normalized spacial score (nSPS) is 20.7. The number of methoxy groups -OCH3 is 1. The average Bonchev–Trinajstić information content (AvgIpc) is 2.48. The van der Waals surface area contributed by atoms with Gasteiger partial charge in [-0.2, -0.15) is 0 Å². The summed E-state index contributed by atoms with van der Waals surface area (Å²) in [5.41, 5.74) is 1.77. The van der Waals surface area contributed by atoms with Crippen molar-refractivity contribution in [2.45, 2.75) is 24.7 Å². The molecule has 1 heterocycles. The number of benzene rings is 1. The van der Waals surface area contributed by atoms with Gasteiger partial charge in [0.2, 0.25) is 5.91 Å². The number of hydrogen-bond donors (Lipinski definition) is 1. The van der Waals surface area contributed by atoms with Gasteiger partial charge < -0.3 is 10.1 Å². The van der Waals surface area contributed by atoms with Crippen LogP contribution in [-0.4, -0.2) is 13.0 Å². The van der Waals surface area contributed by atoms with Gasteiger partial charge in [0.1, 0.15) is 5.75 Å². The molecular formula is C12H13NO2. The average molecular weight is 203 g/mol. The maximum atomic E-state index is 11.9. The van der Waals surface area contributed by atoms with Crippen molar-refractivity contribution in [3.05, 3.63) is 23.8 Å². The summed E-state index contributed by atoms with van der Waals surface area (Å²) in [7, 11) is 1.63. The fraction of sp³-hybridized carbons (Fsp3) is 0.417. The van der Waals surface area contributed by atoms with E-state index in [9.17, 15) is 4.79 Å². The highest BCUT2D eigenvalue weighted by Crippen LogP contribution is 2.53. The Morgan fingerprint density at radius 1 is 1.40 bits per heavy atom. The molecule has 15 heavy (non-hydrogen) atoms. The number of nitrogens with one attached hydrogen (secondary N) is 1. The number of ether oxygens (including phenoxy) is 1. The van der Waals surface area contributed by atoms with Crippen LogP contribution in [0.3, 0.4) is 0 Å². The van der Waals surface area contributed by atoms with E-state index in [1.807, 2.05) is 18.2 Å². The Kier molecular flexibility index (Phi) is 1.61. The third-order valence-corrected chi connectivity index (χ3v) is 3.64. The number of carbonyl (C=O) groups is 1. The SMILES string of the molecule is COc1cccc2c1NC(=O)C21CCC1. The Hall–Kier alpha value is -1.51. The highest BCUT2D eigenvalue weighted by Gasteiger charge is 2.51. The summed E-state index contributed by atoms with van der Waals surface area (Å²) in [6.45, 7) is 0. The minimum absolute atomic E-state index is 0.147. The molecule has 1 aromatic carbocycles. The van der Waals surface area contributed by atoms with Crippen LogP contribution in [0.15, 0.2) is 18.2 Å². The molecule has 0 atom stereocenters. The molecule has 1 amide bonds. The smallest absolute Gasteiger partial charge is 0.235 e. The lowest BCUT2D eigenvalue weighted by molar-refractivity contribution is -0.123. The highest BCUT2D eigenvalue weighted by atomic mass is 16.5. The van der Waals surface area contributed by atoms with Gasteiger partial charge in [-0.25, -0.2) is 0 Å². The highest BCUT2D eigenvalue weighted by molar-refractivity contribution is 6.08. The van der Waals surface area contributed by atoms with Gasteiger partial charge in [0, 0.05) is 0 Å². The minimum Gasteiger partial charge on any atom is -0.495 e. The van der Waals surface area contributed by atoms with Crippen molar-refractivity contribution in [1.29, 1.82) is 0 Å². The van der Waals surface area contributed by atoms with Crippen LogP contribution in [0.5, 0.6) is 5.75 Å². The van der Waals surface area contributed by atoms with Gasteiger partial charge in [0.05, 0.1) is 18.2 Å². The van der Waals surface area contributed by atoms with Gasteiger partial charge >= 0.3 is 0 Å². The zero-order chi connectivity index (χ0) is 10.5. The standard InChI is InChI=1S/C12H13NO2/c1-15-9-5-2-4-8-10(9)13-11(14)12(8)6-3-7-12/h2,4-5H,3,6-7H2,1H3,(H,13,14). The van der Waals surface area contributed by atoms with Crippen LogP contribution in [0.2, 0.25) is 0 Å². The molecule has 0 saturated heterocycles. The number of anilines is 1. The second-order valence-electron chi connectivity index (χ2n) is 4.27. The van der Waals surface area contributed by atoms with Gasteiger partial charge in [-0.1, -0.05) is 18.6 Å². The lowest BCUT2D eigenvalue weighted by atomic mass is 9.65. The van der Waals surface area contributed by atoms with Crippen molar-refractivity contribution in [2.75, 3.05) is 12.4 Å². The van der Waals surface area contributed by atoms with Crippen molar-refractivity contribution < 1.29 is 9.53 Å². The van der Waals surface area contributed by atoms with Gasteiger partial charge in [-0.3, -0.25) is 4.79 Å². The van der Waals surface area contributed by atoms with E-state index in [1.54, 1.807) is 7.11 Å². The van der Waals surface area contributed by atoms with Gasteiger partial charge in [-0.05, 0) is 24.5 Å². The topological polar surface area (TPSA) is 38.3 Å². The molecule has 1 N–H and O–H groups in total. The summed E-state index contributed by atoms with van der Waals surface area (Å²) in [5, 5.41) is 2.95. The van der Waals surface area contributed by atoms with Crippen LogP contribution >= 0.6 is 0 Å². The Labute approximate surface area is 88.4 Å². The molecule has 0 radical (unpaired) electrons. The van der Waals surface area contributed by atoms with Gasteiger partial charge in [-0.15, -0.1) is 0 Å². The summed E-state index contributed by atoms with van der Waals surface area (Å²) < 4.78 is 5.25. The Morgan fingerprint density at radius 3 is 2.80 bits per heavy atom. The molecule has 0 unspecified atom stereocenters. The van der Waals surface area contributed by atoms with Crippen molar-refractivity contribution in [3.63, 3.8) is 0 Å². The van der Waals surface area contributed by atoms with Crippen molar-refractivity contribution in [2.24, 2.45) is 0 Å². The molecule has 1 aliphatic carbocycles. The molecule has 3 heteroatoms. The van der Waals surface area contributed by atoms with Crippen LogP contribution in [0.4, 0.5) is 5.69 Å². The lowest BCUT2D eigenvalue weighted by Gasteiger charge is -2.36. The van der Waals surface area contributed by atoms with Crippen molar-refractivity contribution in [3.8, 4) is 5.75 Å². The maximum Gasteiger partial charge on any atom is 0.235 e. The van der Waals surface area contributed by atoms with Crippen LogP contribution in [0.25, 0.3) is 0 Å². The number of amides is 1. The van der Waals surface area contributed by atoms with Crippen molar-refractivity contribution in [1.82, 2.24) is 0 Å². The van der Waals surface area contributed by atoms with E-state index in [-0.39, 0.29) is 11.3 Å². The Bertz CT molecular complexity index is 435. The summed E-state index contributed by atoms with van der Waals surface area (Å²) in [6, 6.07) is 5.88. The predicted molar refractivity (Wildman–Crippen MR) is 57.2 cm³/mol. The largest absolute Gasteiger partial charge is 0.495 e. The number of carbonyl (C=O) groups excluding carboxylic acids is 1. The lowest BCUT2D eigenvalue weighted by Crippen LogP contribution is -2.40. The molecular weight excluding hydrogens is 190 g/mol. The quantitative estimate of drug-likeness (QED) is 0.758. The summed E-state index contributed by atoms with van der Waals surface area (Å²) >= 11 is 0. The second-order valence-corrected chi connectivity index (χ2v) is 4.27. The molecule has 3 nitrogen and oxygen atoms in total. The molecule has 0 bridgehead atoms. The summed E-state index contributed by atoms with van der Waals surface area (Å²) in [6.07, 6.45) is 3.09. The number of para-hydroxylation sites is 1. The van der Waals surface area contributed by atoms with Crippen LogP contribution in [-0.2, 0) is 10.2 Å². The van der Waals surface area contributed by atoms with E-state index in [2.05, 4.69) is 5.32 Å². The van der Waals surface area contributed by atoms with Crippen LogP contribution in [0.1, 0.15) is 24.8 Å².